The molecule has 2 aromatic rings. The maximum atomic E-state index is 13.6. The standard InChI is InChI=1S/C12H9FN2O2S/c13-8-5-14-4-3-6(8)11-15-10-7(12(16)17)1-2-9(10)18-11/h3-5,7H,1-2H2,(H,16,17). The first kappa shape index (κ1) is 11.3. The highest BCUT2D eigenvalue weighted by molar-refractivity contribution is 7.15. The zero-order chi connectivity index (χ0) is 12.7. The summed E-state index contributed by atoms with van der Waals surface area (Å²) in [5.74, 6) is -1.84. The number of rotatable bonds is 2. The molecule has 0 radical (unpaired) electrons. The molecule has 18 heavy (non-hydrogen) atoms. The summed E-state index contributed by atoms with van der Waals surface area (Å²) in [6.45, 7) is 0. The van der Waals surface area contributed by atoms with Gasteiger partial charge in [-0.25, -0.2) is 9.37 Å². The summed E-state index contributed by atoms with van der Waals surface area (Å²) in [4.78, 5) is 20.0. The molecule has 0 bridgehead atoms. The summed E-state index contributed by atoms with van der Waals surface area (Å²) in [6.07, 6.45) is 3.93. The Balaban J connectivity index is 2.05. The minimum atomic E-state index is -0.860. The first-order chi connectivity index (χ1) is 8.66. The number of fused-ring (bicyclic) bond motifs is 1. The molecule has 1 aliphatic carbocycles. The molecule has 1 atom stereocenters. The van der Waals surface area contributed by atoms with Gasteiger partial charge in [-0.1, -0.05) is 0 Å². The molecule has 2 heterocycles. The van der Waals surface area contributed by atoms with Crippen molar-refractivity contribution in [3.63, 3.8) is 0 Å². The monoisotopic (exact) mass is 264 g/mol. The molecule has 0 amide bonds. The molecule has 1 aliphatic rings. The maximum Gasteiger partial charge on any atom is 0.312 e. The van der Waals surface area contributed by atoms with Gasteiger partial charge in [-0.2, -0.15) is 0 Å². The third kappa shape index (κ3) is 1.69. The molecule has 4 nitrogen and oxygen atoms in total. The lowest BCUT2D eigenvalue weighted by Gasteiger charge is -2.01. The fourth-order valence-electron chi connectivity index (χ4n) is 2.13. The van der Waals surface area contributed by atoms with Crippen molar-refractivity contribution in [1.29, 1.82) is 0 Å². The van der Waals surface area contributed by atoms with E-state index in [1.165, 1.54) is 17.5 Å². The molecular weight excluding hydrogens is 255 g/mol. The molecule has 3 rings (SSSR count). The van der Waals surface area contributed by atoms with Crippen molar-refractivity contribution in [2.75, 3.05) is 0 Å². The molecule has 0 saturated heterocycles. The molecule has 0 spiro atoms. The van der Waals surface area contributed by atoms with Gasteiger partial charge in [-0.05, 0) is 18.9 Å². The molecular formula is C12H9FN2O2S. The van der Waals surface area contributed by atoms with Crippen LogP contribution in [0.25, 0.3) is 10.6 Å². The van der Waals surface area contributed by atoms with Crippen LogP contribution in [-0.4, -0.2) is 21.0 Å². The third-order valence-corrected chi connectivity index (χ3v) is 4.18. The average Bonchev–Trinajstić information content (AvgIpc) is 2.88. The second kappa shape index (κ2) is 4.13. The maximum absolute atomic E-state index is 13.6. The molecule has 0 aromatic carbocycles. The van der Waals surface area contributed by atoms with E-state index in [0.29, 0.717) is 29.1 Å². The highest BCUT2D eigenvalue weighted by Gasteiger charge is 2.32. The summed E-state index contributed by atoms with van der Waals surface area (Å²) >= 11 is 1.37. The second-order valence-corrected chi connectivity index (χ2v) is 5.20. The first-order valence-corrected chi connectivity index (χ1v) is 6.30. The summed E-state index contributed by atoms with van der Waals surface area (Å²) in [6, 6.07) is 1.55. The fraction of sp³-hybridized carbons (Fsp3) is 0.250. The number of hydrogen-bond donors (Lipinski definition) is 1. The number of aryl methyl sites for hydroxylation is 1. The topological polar surface area (TPSA) is 63.1 Å². The Morgan fingerprint density at radius 2 is 2.39 bits per heavy atom. The Hall–Kier alpha value is -1.82. The summed E-state index contributed by atoms with van der Waals surface area (Å²) in [7, 11) is 0. The number of hydrogen-bond acceptors (Lipinski definition) is 4. The van der Waals surface area contributed by atoms with E-state index in [1.807, 2.05) is 0 Å². The van der Waals surface area contributed by atoms with Gasteiger partial charge in [0, 0.05) is 16.6 Å². The van der Waals surface area contributed by atoms with Crippen molar-refractivity contribution in [1.82, 2.24) is 9.97 Å². The lowest BCUT2D eigenvalue weighted by Crippen LogP contribution is -2.08. The Kier molecular flexibility index (Phi) is 2.59. The van der Waals surface area contributed by atoms with Crippen LogP contribution >= 0.6 is 11.3 Å². The van der Waals surface area contributed by atoms with E-state index in [-0.39, 0.29) is 0 Å². The van der Waals surface area contributed by atoms with Crippen LogP contribution in [0.4, 0.5) is 4.39 Å². The smallest absolute Gasteiger partial charge is 0.312 e. The molecule has 1 N–H and O–H groups in total. The van der Waals surface area contributed by atoms with E-state index in [4.69, 9.17) is 5.11 Å². The fourth-order valence-corrected chi connectivity index (χ4v) is 3.30. The Bertz CT molecular complexity index is 626. The van der Waals surface area contributed by atoms with Gasteiger partial charge >= 0.3 is 5.97 Å². The van der Waals surface area contributed by atoms with Gasteiger partial charge in [-0.3, -0.25) is 9.78 Å². The highest BCUT2D eigenvalue weighted by Crippen LogP contribution is 2.40. The number of thiazole rings is 1. The first-order valence-electron chi connectivity index (χ1n) is 5.49. The van der Waals surface area contributed by atoms with Gasteiger partial charge in [-0.15, -0.1) is 11.3 Å². The Morgan fingerprint density at radius 1 is 1.56 bits per heavy atom. The lowest BCUT2D eigenvalue weighted by atomic mass is 10.1. The van der Waals surface area contributed by atoms with Gasteiger partial charge in [0.15, 0.2) is 5.82 Å². The number of aliphatic carboxylic acids is 1. The van der Waals surface area contributed by atoms with Crippen LogP contribution in [0.2, 0.25) is 0 Å². The zero-order valence-electron chi connectivity index (χ0n) is 9.26. The highest BCUT2D eigenvalue weighted by atomic mass is 32.1. The van der Waals surface area contributed by atoms with Crippen LogP contribution in [0.15, 0.2) is 18.5 Å². The third-order valence-electron chi connectivity index (χ3n) is 3.02. The summed E-state index contributed by atoms with van der Waals surface area (Å²) < 4.78 is 13.6. The minimum absolute atomic E-state index is 0.383. The number of halogens is 1. The van der Waals surface area contributed by atoms with Crippen LogP contribution in [0, 0.1) is 5.82 Å². The zero-order valence-corrected chi connectivity index (χ0v) is 10.1. The van der Waals surface area contributed by atoms with Crippen LogP contribution in [0.1, 0.15) is 22.9 Å². The molecule has 0 aliphatic heterocycles. The van der Waals surface area contributed by atoms with Crippen molar-refractivity contribution in [2.24, 2.45) is 0 Å². The largest absolute Gasteiger partial charge is 0.481 e. The van der Waals surface area contributed by atoms with Crippen LogP contribution in [-0.2, 0) is 11.2 Å². The normalized spacial score (nSPS) is 17.7. The SMILES string of the molecule is O=C(O)C1CCc2sc(-c3ccncc3F)nc21. The molecule has 92 valence electrons. The number of carbonyl (C=O) groups is 1. The number of carboxylic acid groups (broad SMARTS) is 1. The molecule has 0 fully saturated rings. The predicted molar refractivity (Wildman–Crippen MR) is 64.0 cm³/mol. The second-order valence-electron chi connectivity index (χ2n) is 4.11. The van der Waals surface area contributed by atoms with E-state index in [0.717, 1.165) is 11.1 Å². The molecule has 0 saturated carbocycles. The van der Waals surface area contributed by atoms with E-state index < -0.39 is 17.7 Å². The minimum Gasteiger partial charge on any atom is -0.481 e. The van der Waals surface area contributed by atoms with E-state index in [1.54, 1.807) is 6.07 Å². The molecule has 6 heteroatoms. The van der Waals surface area contributed by atoms with Gasteiger partial charge in [0.1, 0.15) is 10.9 Å². The summed E-state index contributed by atoms with van der Waals surface area (Å²) in [5, 5.41) is 9.61. The molecule has 2 aromatic heterocycles. The number of carboxylic acids is 1. The lowest BCUT2D eigenvalue weighted by molar-refractivity contribution is -0.138. The van der Waals surface area contributed by atoms with Crippen molar-refractivity contribution >= 4 is 17.3 Å². The van der Waals surface area contributed by atoms with Crippen LogP contribution in [0.5, 0.6) is 0 Å². The Morgan fingerprint density at radius 3 is 3.11 bits per heavy atom. The molecule has 1 unspecified atom stereocenters. The van der Waals surface area contributed by atoms with Crippen molar-refractivity contribution < 1.29 is 14.3 Å². The van der Waals surface area contributed by atoms with Gasteiger partial charge in [0.2, 0.25) is 0 Å². The number of nitrogens with zero attached hydrogens (tertiary/aromatic N) is 2. The van der Waals surface area contributed by atoms with Gasteiger partial charge in [0.25, 0.3) is 0 Å². The number of aromatic nitrogens is 2. The summed E-state index contributed by atoms with van der Waals surface area (Å²) in [5.41, 5.74) is 0.979. The van der Waals surface area contributed by atoms with Gasteiger partial charge < -0.3 is 5.11 Å². The van der Waals surface area contributed by atoms with E-state index in [9.17, 15) is 9.18 Å². The van der Waals surface area contributed by atoms with Crippen LogP contribution < -0.4 is 0 Å². The van der Waals surface area contributed by atoms with Crippen molar-refractivity contribution in [3.8, 4) is 10.6 Å². The average molecular weight is 264 g/mol. The van der Waals surface area contributed by atoms with Crippen molar-refractivity contribution in [2.45, 2.75) is 18.8 Å². The van der Waals surface area contributed by atoms with E-state index in [2.05, 4.69) is 9.97 Å². The van der Waals surface area contributed by atoms with Crippen LogP contribution in [0.3, 0.4) is 0 Å². The van der Waals surface area contributed by atoms with E-state index >= 15 is 0 Å². The predicted octanol–water partition coefficient (Wildman–Crippen LogP) is 2.46. The quantitative estimate of drug-likeness (QED) is 0.905. The number of pyridine rings is 1. The van der Waals surface area contributed by atoms with Gasteiger partial charge in [0.05, 0.1) is 11.9 Å². The Labute approximate surface area is 106 Å². The van der Waals surface area contributed by atoms with Crippen molar-refractivity contribution in [3.05, 3.63) is 34.8 Å².